The average molecular weight is 390 g/mol. The molecule has 29 heavy (non-hydrogen) atoms. The lowest BCUT2D eigenvalue weighted by atomic mass is 10.1. The van der Waals surface area contributed by atoms with Crippen LogP contribution in [0.15, 0.2) is 70.7 Å². The van der Waals surface area contributed by atoms with E-state index in [0.717, 1.165) is 10.5 Å². The van der Waals surface area contributed by atoms with Gasteiger partial charge in [0.15, 0.2) is 0 Å². The standard InChI is InChI=1S/C22H15FN2O4/c1-13-2-8-16(9-3-13)25-21(27)18(20(26)24-22(25)28)12-17-10-11-19(29-17)14-4-6-15(23)7-5-14/h2-12H,1H3,(H,24,26,28). The number of aryl methyl sites for hydroxylation is 1. The van der Waals surface area contributed by atoms with Crippen LogP contribution in [0, 0.1) is 12.7 Å². The molecule has 0 saturated carbocycles. The zero-order valence-electron chi connectivity index (χ0n) is 15.3. The molecule has 2 heterocycles. The van der Waals surface area contributed by atoms with Gasteiger partial charge in [0.1, 0.15) is 22.9 Å². The van der Waals surface area contributed by atoms with Crippen LogP contribution in [0.25, 0.3) is 17.4 Å². The summed E-state index contributed by atoms with van der Waals surface area (Å²) >= 11 is 0. The van der Waals surface area contributed by atoms with Gasteiger partial charge in [-0.2, -0.15) is 0 Å². The SMILES string of the molecule is Cc1ccc(N2C(=O)NC(=O)C(=Cc3ccc(-c4ccc(F)cc4)o3)C2=O)cc1. The van der Waals surface area contributed by atoms with E-state index in [2.05, 4.69) is 5.32 Å². The van der Waals surface area contributed by atoms with Gasteiger partial charge in [-0.25, -0.2) is 14.1 Å². The number of hydrogen-bond donors (Lipinski definition) is 1. The first kappa shape index (κ1) is 18.4. The maximum atomic E-state index is 13.1. The third-order valence-corrected chi connectivity index (χ3v) is 4.44. The van der Waals surface area contributed by atoms with Crippen LogP contribution in [-0.4, -0.2) is 17.8 Å². The minimum absolute atomic E-state index is 0.231. The van der Waals surface area contributed by atoms with Crippen molar-refractivity contribution >= 4 is 29.6 Å². The molecule has 1 fully saturated rings. The lowest BCUT2D eigenvalue weighted by molar-refractivity contribution is -0.122. The zero-order valence-corrected chi connectivity index (χ0v) is 15.3. The van der Waals surface area contributed by atoms with Crippen LogP contribution in [0.3, 0.4) is 0 Å². The predicted octanol–water partition coefficient (Wildman–Crippen LogP) is 4.06. The molecule has 1 saturated heterocycles. The summed E-state index contributed by atoms with van der Waals surface area (Å²) in [7, 11) is 0. The molecular weight excluding hydrogens is 375 g/mol. The van der Waals surface area contributed by atoms with E-state index in [0.29, 0.717) is 17.0 Å². The van der Waals surface area contributed by atoms with Crippen molar-refractivity contribution in [3.8, 4) is 11.3 Å². The predicted molar refractivity (Wildman–Crippen MR) is 104 cm³/mol. The Morgan fingerprint density at radius 3 is 2.31 bits per heavy atom. The Balaban J connectivity index is 1.66. The molecule has 0 aliphatic carbocycles. The largest absolute Gasteiger partial charge is 0.457 e. The van der Waals surface area contributed by atoms with Crippen LogP contribution in [0.5, 0.6) is 0 Å². The number of benzene rings is 2. The van der Waals surface area contributed by atoms with E-state index in [1.807, 2.05) is 6.92 Å². The van der Waals surface area contributed by atoms with Crippen molar-refractivity contribution in [1.29, 1.82) is 0 Å². The number of urea groups is 1. The monoisotopic (exact) mass is 390 g/mol. The van der Waals surface area contributed by atoms with Gasteiger partial charge in [-0.3, -0.25) is 14.9 Å². The number of barbiturate groups is 1. The first-order chi connectivity index (χ1) is 13.9. The first-order valence-corrected chi connectivity index (χ1v) is 8.76. The van der Waals surface area contributed by atoms with E-state index in [1.54, 1.807) is 48.5 Å². The average Bonchev–Trinajstić information content (AvgIpc) is 3.16. The molecule has 0 bridgehead atoms. The molecule has 1 aliphatic rings. The Hall–Kier alpha value is -4.00. The Morgan fingerprint density at radius 1 is 0.931 bits per heavy atom. The number of nitrogens with zero attached hydrogens (tertiary/aromatic N) is 1. The van der Waals surface area contributed by atoms with Crippen LogP contribution in [0.2, 0.25) is 0 Å². The van der Waals surface area contributed by atoms with Crippen molar-refractivity contribution in [2.45, 2.75) is 6.92 Å². The summed E-state index contributed by atoms with van der Waals surface area (Å²) in [4.78, 5) is 38.2. The number of imide groups is 2. The fourth-order valence-corrected chi connectivity index (χ4v) is 2.93. The molecule has 0 radical (unpaired) electrons. The van der Waals surface area contributed by atoms with Crippen LogP contribution in [0.4, 0.5) is 14.9 Å². The summed E-state index contributed by atoms with van der Waals surface area (Å²) in [6.07, 6.45) is 1.28. The Kier molecular flexibility index (Phi) is 4.56. The lowest BCUT2D eigenvalue weighted by Gasteiger charge is -2.26. The van der Waals surface area contributed by atoms with E-state index < -0.39 is 17.8 Å². The summed E-state index contributed by atoms with van der Waals surface area (Å²) in [5, 5.41) is 2.16. The van der Waals surface area contributed by atoms with Crippen molar-refractivity contribution in [1.82, 2.24) is 5.32 Å². The molecule has 1 aliphatic heterocycles. The fourth-order valence-electron chi connectivity index (χ4n) is 2.93. The van der Waals surface area contributed by atoms with Gasteiger partial charge in [-0.15, -0.1) is 0 Å². The summed E-state index contributed by atoms with van der Waals surface area (Å²) in [6, 6.07) is 14.9. The second-order valence-corrected chi connectivity index (χ2v) is 6.50. The first-order valence-electron chi connectivity index (χ1n) is 8.76. The smallest absolute Gasteiger partial charge is 0.335 e. The normalized spacial score (nSPS) is 15.7. The molecule has 0 unspecified atom stereocenters. The van der Waals surface area contributed by atoms with Crippen LogP contribution in [0.1, 0.15) is 11.3 Å². The minimum atomic E-state index is -0.813. The van der Waals surface area contributed by atoms with E-state index in [1.165, 1.54) is 18.2 Å². The molecule has 1 N–H and O–H groups in total. The molecular formula is C22H15FN2O4. The zero-order chi connectivity index (χ0) is 20.5. The van der Waals surface area contributed by atoms with Gasteiger partial charge in [0.2, 0.25) is 0 Å². The number of furan rings is 1. The summed E-state index contributed by atoms with van der Waals surface area (Å²) < 4.78 is 18.7. The van der Waals surface area contributed by atoms with Gasteiger partial charge >= 0.3 is 6.03 Å². The molecule has 2 aromatic carbocycles. The Bertz CT molecular complexity index is 1140. The highest BCUT2D eigenvalue weighted by Gasteiger charge is 2.37. The number of hydrogen-bond acceptors (Lipinski definition) is 4. The highest BCUT2D eigenvalue weighted by Crippen LogP contribution is 2.26. The molecule has 144 valence electrons. The maximum Gasteiger partial charge on any atom is 0.335 e. The molecule has 3 aromatic rings. The molecule has 1 aromatic heterocycles. The van der Waals surface area contributed by atoms with E-state index in [4.69, 9.17) is 4.42 Å². The lowest BCUT2D eigenvalue weighted by Crippen LogP contribution is -2.54. The van der Waals surface area contributed by atoms with E-state index in [9.17, 15) is 18.8 Å². The topological polar surface area (TPSA) is 79.6 Å². The van der Waals surface area contributed by atoms with Gasteiger partial charge < -0.3 is 4.42 Å². The van der Waals surface area contributed by atoms with Gasteiger partial charge in [0.25, 0.3) is 11.8 Å². The molecule has 0 atom stereocenters. The van der Waals surface area contributed by atoms with Crippen molar-refractivity contribution in [3.63, 3.8) is 0 Å². The number of carbonyl (C=O) groups is 3. The van der Waals surface area contributed by atoms with Gasteiger partial charge in [-0.1, -0.05) is 17.7 Å². The van der Waals surface area contributed by atoms with Gasteiger partial charge in [0, 0.05) is 5.56 Å². The molecule has 7 heteroatoms. The van der Waals surface area contributed by atoms with Crippen molar-refractivity contribution in [2.24, 2.45) is 0 Å². The molecule has 4 amide bonds. The number of anilines is 1. The third kappa shape index (κ3) is 3.58. The summed E-state index contributed by atoms with van der Waals surface area (Å²) in [5.74, 6) is -1.22. The van der Waals surface area contributed by atoms with Crippen molar-refractivity contribution in [2.75, 3.05) is 4.90 Å². The van der Waals surface area contributed by atoms with E-state index >= 15 is 0 Å². The number of carbonyl (C=O) groups excluding carboxylic acids is 3. The number of halogens is 1. The molecule has 6 nitrogen and oxygen atoms in total. The number of nitrogens with one attached hydrogen (secondary N) is 1. The second-order valence-electron chi connectivity index (χ2n) is 6.50. The van der Waals surface area contributed by atoms with Crippen LogP contribution >= 0.6 is 0 Å². The van der Waals surface area contributed by atoms with Gasteiger partial charge in [-0.05, 0) is 61.5 Å². The summed E-state index contributed by atoms with van der Waals surface area (Å²) in [6.45, 7) is 1.88. The van der Waals surface area contributed by atoms with Crippen molar-refractivity contribution in [3.05, 3.63) is 83.4 Å². The number of rotatable bonds is 3. The van der Waals surface area contributed by atoms with E-state index in [-0.39, 0.29) is 17.2 Å². The minimum Gasteiger partial charge on any atom is -0.457 e. The highest BCUT2D eigenvalue weighted by molar-refractivity contribution is 6.39. The third-order valence-electron chi connectivity index (χ3n) is 4.44. The van der Waals surface area contributed by atoms with Crippen LogP contribution < -0.4 is 10.2 Å². The second kappa shape index (κ2) is 7.20. The Morgan fingerprint density at radius 2 is 1.62 bits per heavy atom. The van der Waals surface area contributed by atoms with Gasteiger partial charge in [0.05, 0.1) is 5.69 Å². The number of amides is 4. The maximum absolute atomic E-state index is 13.1. The summed E-state index contributed by atoms with van der Waals surface area (Å²) in [5.41, 5.74) is 1.73. The molecule has 4 rings (SSSR count). The quantitative estimate of drug-likeness (QED) is 0.540. The highest BCUT2D eigenvalue weighted by atomic mass is 19.1. The van der Waals surface area contributed by atoms with Crippen molar-refractivity contribution < 1.29 is 23.2 Å². The van der Waals surface area contributed by atoms with Crippen LogP contribution in [-0.2, 0) is 9.59 Å². The Labute approximate surface area is 165 Å². The fraction of sp³-hybridized carbons (Fsp3) is 0.0455. The molecule has 0 spiro atoms.